The van der Waals surface area contributed by atoms with Crippen LogP contribution in [0.1, 0.15) is 6.42 Å². The van der Waals surface area contributed by atoms with Crippen molar-refractivity contribution in [3.63, 3.8) is 0 Å². The van der Waals surface area contributed by atoms with E-state index in [1.807, 2.05) is 0 Å². The Morgan fingerprint density at radius 2 is 2.00 bits per heavy atom. The molecule has 2 aliphatic heterocycles. The number of ether oxygens (including phenoxy) is 4. The molecule has 2 rings (SSSR count). The minimum absolute atomic E-state index is 0.179. The van der Waals surface area contributed by atoms with Crippen molar-refractivity contribution < 1.29 is 29.2 Å². The first kappa shape index (κ1) is 10.7. The van der Waals surface area contributed by atoms with Crippen LogP contribution in [0.2, 0.25) is 0 Å². The van der Waals surface area contributed by atoms with Crippen LogP contribution in [-0.2, 0) is 18.9 Å². The third kappa shape index (κ3) is 2.82. The van der Waals surface area contributed by atoms with E-state index in [1.165, 1.54) is 6.26 Å². The Labute approximate surface area is 87.0 Å². The molecule has 2 aliphatic rings. The fourth-order valence-corrected chi connectivity index (χ4v) is 1.38. The first-order valence-corrected chi connectivity index (χ1v) is 4.81. The molecule has 2 N–H and O–H groups in total. The molecule has 0 radical (unpaired) electrons. The van der Waals surface area contributed by atoms with Crippen LogP contribution in [-0.4, -0.2) is 48.7 Å². The van der Waals surface area contributed by atoms with E-state index in [0.29, 0.717) is 12.2 Å². The molecular weight excluding hydrogens is 204 g/mol. The molecule has 15 heavy (non-hydrogen) atoms. The summed E-state index contributed by atoms with van der Waals surface area (Å²) in [5.41, 5.74) is 0. The topological polar surface area (TPSA) is 77.4 Å². The lowest BCUT2D eigenvalue weighted by atomic mass is 10.3. The van der Waals surface area contributed by atoms with Gasteiger partial charge in [-0.15, -0.1) is 0 Å². The lowest BCUT2D eigenvalue weighted by molar-refractivity contribution is -0.237. The number of hydrogen-bond acceptors (Lipinski definition) is 6. The van der Waals surface area contributed by atoms with E-state index >= 15 is 0 Å². The van der Waals surface area contributed by atoms with Gasteiger partial charge >= 0.3 is 0 Å². The first-order valence-electron chi connectivity index (χ1n) is 4.81. The third-order valence-electron chi connectivity index (χ3n) is 2.12. The second-order valence-electron chi connectivity index (χ2n) is 3.41. The van der Waals surface area contributed by atoms with Crippen LogP contribution in [0.3, 0.4) is 0 Å². The van der Waals surface area contributed by atoms with Gasteiger partial charge in [0.1, 0.15) is 19.0 Å². The third-order valence-corrected chi connectivity index (χ3v) is 2.12. The normalized spacial score (nSPS) is 35.6. The van der Waals surface area contributed by atoms with Crippen LogP contribution in [0.5, 0.6) is 0 Å². The van der Waals surface area contributed by atoms with Gasteiger partial charge in [-0.05, 0) is 0 Å². The van der Waals surface area contributed by atoms with Crippen molar-refractivity contribution in [2.75, 3.05) is 19.8 Å². The highest BCUT2D eigenvalue weighted by atomic mass is 16.7. The van der Waals surface area contributed by atoms with Crippen molar-refractivity contribution in [2.24, 2.45) is 0 Å². The lowest BCUT2D eigenvalue weighted by Gasteiger charge is -2.27. The average Bonchev–Trinajstić information content (AvgIpc) is 2.69. The second-order valence-corrected chi connectivity index (χ2v) is 3.41. The van der Waals surface area contributed by atoms with Crippen molar-refractivity contribution in [1.29, 1.82) is 0 Å². The maximum absolute atomic E-state index is 9.11. The Hall–Kier alpha value is -0.820. The van der Waals surface area contributed by atoms with Crippen molar-refractivity contribution in [3.05, 3.63) is 12.0 Å². The Morgan fingerprint density at radius 1 is 1.27 bits per heavy atom. The zero-order valence-corrected chi connectivity index (χ0v) is 8.17. The molecule has 0 aromatic carbocycles. The Bertz CT molecular complexity index is 233. The molecule has 0 bridgehead atoms. The van der Waals surface area contributed by atoms with Crippen molar-refractivity contribution in [2.45, 2.75) is 25.1 Å². The molecule has 0 aromatic heterocycles. The smallest absolute Gasteiger partial charge is 0.245 e. The van der Waals surface area contributed by atoms with Gasteiger partial charge in [0.05, 0.1) is 19.6 Å². The summed E-state index contributed by atoms with van der Waals surface area (Å²) in [5.74, 6) is 0.399. The van der Waals surface area contributed by atoms with Gasteiger partial charge in [0.25, 0.3) is 0 Å². The molecule has 6 nitrogen and oxygen atoms in total. The molecular formula is C9H14O6. The van der Waals surface area contributed by atoms with Crippen LogP contribution in [0.4, 0.5) is 0 Å². The maximum atomic E-state index is 9.11. The molecule has 1 unspecified atom stereocenters. The summed E-state index contributed by atoms with van der Waals surface area (Å²) >= 11 is 0. The maximum Gasteiger partial charge on any atom is 0.245 e. The summed E-state index contributed by atoms with van der Waals surface area (Å²) in [6, 6.07) is 0. The first-order chi connectivity index (χ1) is 7.28. The molecule has 0 saturated carbocycles. The highest BCUT2D eigenvalue weighted by Crippen LogP contribution is 2.20. The number of aliphatic hydroxyl groups is 2. The average molecular weight is 218 g/mol. The summed E-state index contributed by atoms with van der Waals surface area (Å²) in [6.45, 7) is 0.344. The molecule has 1 atom stereocenters. The largest absolute Gasteiger partial charge is 0.459 e. The lowest BCUT2D eigenvalue weighted by Crippen LogP contribution is -2.37. The Kier molecular flexibility index (Phi) is 3.42. The molecule has 0 spiro atoms. The Morgan fingerprint density at radius 3 is 2.60 bits per heavy atom. The van der Waals surface area contributed by atoms with Crippen molar-refractivity contribution in [3.8, 4) is 0 Å². The summed E-state index contributed by atoms with van der Waals surface area (Å²) in [6.07, 6.45) is 0.324. The van der Waals surface area contributed by atoms with E-state index < -0.39 is 18.7 Å². The summed E-state index contributed by atoms with van der Waals surface area (Å²) in [4.78, 5) is 0. The minimum Gasteiger partial charge on any atom is -0.459 e. The molecule has 2 heterocycles. The standard InChI is InChI=1S/C9H14O6/c10-2-7-5-14-9(15-7)1-8-12-3-6(11)4-13-8/h5-6,8-11H,1-4H2. The van der Waals surface area contributed by atoms with Gasteiger partial charge in [0.15, 0.2) is 12.0 Å². The molecule has 86 valence electrons. The second kappa shape index (κ2) is 4.80. The molecule has 1 saturated heterocycles. The van der Waals surface area contributed by atoms with Gasteiger partial charge in [0.2, 0.25) is 6.29 Å². The summed E-state index contributed by atoms with van der Waals surface area (Å²) < 4.78 is 20.7. The molecule has 0 aromatic rings. The summed E-state index contributed by atoms with van der Waals surface area (Å²) in [5, 5.41) is 17.9. The van der Waals surface area contributed by atoms with E-state index in [-0.39, 0.29) is 19.8 Å². The molecule has 0 amide bonds. The quantitative estimate of drug-likeness (QED) is 0.653. The van der Waals surface area contributed by atoms with Crippen LogP contribution in [0, 0.1) is 0 Å². The van der Waals surface area contributed by atoms with Crippen LogP contribution in [0.25, 0.3) is 0 Å². The predicted octanol–water partition coefficient (Wildman–Crippen LogP) is -0.683. The Balaban J connectivity index is 1.70. The molecule has 6 heteroatoms. The van der Waals surface area contributed by atoms with Crippen LogP contribution >= 0.6 is 0 Å². The SMILES string of the molecule is OCC1=COC(CC2OCC(O)CO2)O1. The van der Waals surface area contributed by atoms with Crippen LogP contribution in [0.15, 0.2) is 12.0 Å². The molecule has 1 fully saturated rings. The van der Waals surface area contributed by atoms with Crippen molar-refractivity contribution in [1.82, 2.24) is 0 Å². The highest BCUT2D eigenvalue weighted by molar-refractivity contribution is 4.92. The number of hydrogen-bond donors (Lipinski definition) is 2. The summed E-state index contributed by atoms with van der Waals surface area (Å²) in [7, 11) is 0. The fourth-order valence-electron chi connectivity index (χ4n) is 1.38. The molecule has 0 aliphatic carbocycles. The number of aliphatic hydroxyl groups excluding tert-OH is 2. The van der Waals surface area contributed by atoms with Gasteiger partial charge in [-0.2, -0.15) is 0 Å². The van der Waals surface area contributed by atoms with Crippen LogP contribution < -0.4 is 0 Å². The van der Waals surface area contributed by atoms with E-state index in [4.69, 9.17) is 29.2 Å². The van der Waals surface area contributed by atoms with Gasteiger partial charge in [0, 0.05) is 0 Å². The zero-order chi connectivity index (χ0) is 10.7. The van der Waals surface area contributed by atoms with Crippen molar-refractivity contribution >= 4 is 0 Å². The van der Waals surface area contributed by atoms with Gasteiger partial charge in [-0.25, -0.2) is 0 Å². The van der Waals surface area contributed by atoms with Gasteiger partial charge in [-0.1, -0.05) is 0 Å². The van der Waals surface area contributed by atoms with Gasteiger partial charge in [-0.3, -0.25) is 0 Å². The minimum atomic E-state index is -0.558. The van der Waals surface area contributed by atoms with E-state index in [2.05, 4.69) is 0 Å². The fraction of sp³-hybridized carbons (Fsp3) is 0.778. The monoisotopic (exact) mass is 218 g/mol. The van der Waals surface area contributed by atoms with Gasteiger partial charge < -0.3 is 29.2 Å². The van der Waals surface area contributed by atoms with E-state index in [1.54, 1.807) is 0 Å². The zero-order valence-electron chi connectivity index (χ0n) is 8.17. The number of rotatable bonds is 3. The highest BCUT2D eigenvalue weighted by Gasteiger charge is 2.27. The predicted molar refractivity (Wildman–Crippen MR) is 47.4 cm³/mol. The van der Waals surface area contributed by atoms with E-state index in [9.17, 15) is 0 Å². The van der Waals surface area contributed by atoms with E-state index in [0.717, 1.165) is 0 Å².